The van der Waals surface area contributed by atoms with Gasteiger partial charge in [0.15, 0.2) is 0 Å². The van der Waals surface area contributed by atoms with Crippen LogP contribution in [0.5, 0.6) is 0 Å². The van der Waals surface area contributed by atoms with Gasteiger partial charge in [0.05, 0.1) is 12.7 Å². The molecule has 1 heterocycles. The molecule has 0 aromatic heterocycles. The summed E-state index contributed by atoms with van der Waals surface area (Å²) in [6.45, 7) is 11.1. The zero-order valence-electron chi connectivity index (χ0n) is 14.5. The minimum atomic E-state index is 0.329. The third kappa shape index (κ3) is 4.43. The second-order valence-corrected chi connectivity index (χ2v) is 7.25. The molecule has 3 heteroatoms. The zero-order valence-corrected chi connectivity index (χ0v) is 14.5. The summed E-state index contributed by atoms with van der Waals surface area (Å²) >= 11 is 0. The summed E-state index contributed by atoms with van der Waals surface area (Å²) in [5.74, 6) is 0. The van der Waals surface area contributed by atoms with E-state index in [2.05, 4.69) is 31.0 Å². The van der Waals surface area contributed by atoms with Crippen LogP contribution in [0.25, 0.3) is 0 Å². The normalized spacial score (nSPS) is 24.6. The number of likely N-dealkylation sites (tertiary alicyclic amines) is 1. The molecular formula is C18H36N2O. The Morgan fingerprint density at radius 3 is 2.29 bits per heavy atom. The molecule has 1 aliphatic carbocycles. The lowest BCUT2D eigenvalue weighted by Crippen LogP contribution is -2.62. The Kier molecular flexibility index (Phi) is 6.97. The van der Waals surface area contributed by atoms with Crippen LogP contribution in [-0.4, -0.2) is 48.8 Å². The summed E-state index contributed by atoms with van der Waals surface area (Å²) in [7, 11) is 0. The Balaban J connectivity index is 2.09. The van der Waals surface area contributed by atoms with Crippen molar-refractivity contribution in [1.82, 2.24) is 10.2 Å². The van der Waals surface area contributed by atoms with E-state index in [0.717, 1.165) is 13.2 Å². The molecule has 2 aliphatic rings. The molecule has 1 aliphatic heterocycles. The highest BCUT2D eigenvalue weighted by Crippen LogP contribution is 2.40. The van der Waals surface area contributed by atoms with Gasteiger partial charge < -0.3 is 10.1 Å². The van der Waals surface area contributed by atoms with Gasteiger partial charge in [0.25, 0.3) is 0 Å². The van der Waals surface area contributed by atoms with E-state index >= 15 is 0 Å². The zero-order chi connectivity index (χ0) is 15.1. The lowest BCUT2D eigenvalue weighted by molar-refractivity contribution is -0.0168. The molecule has 0 amide bonds. The van der Waals surface area contributed by atoms with Gasteiger partial charge in [-0.3, -0.25) is 4.90 Å². The predicted octanol–water partition coefficient (Wildman–Crippen LogP) is 3.58. The highest BCUT2D eigenvalue weighted by Gasteiger charge is 2.45. The fraction of sp³-hybridized carbons (Fsp3) is 1.00. The number of hydrogen-bond donors (Lipinski definition) is 1. The Morgan fingerprint density at radius 1 is 1.05 bits per heavy atom. The van der Waals surface area contributed by atoms with E-state index in [0.29, 0.717) is 17.7 Å². The van der Waals surface area contributed by atoms with Crippen molar-refractivity contribution in [1.29, 1.82) is 0 Å². The summed E-state index contributed by atoms with van der Waals surface area (Å²) in [6, 6.07) is 0.500. The fourth-order valence-electron chi connectivity index (χ4n) is 4.22. The quantitative estimate of drug-likeness (QED) is 0.741. The SMILES string of the molecule is CCCNC(COC(C)C)C1(N2CCCCC2)CCCC1. The van der Waals surface area contributed by atoms with Gasteiger partial charge in [-0.25, -0.2) is 0 Å². The van der Waals surface area contributed by atoms with Crippen molar-refractivity contribution in [3.63, 3.8) is 0 Å². The third-order valence-electron chi connectivity index (χ3n) is 5.34. The maximum atomic E-state index is 6.04. The fourth-order valence-corrected chi connectivity index (χ4v) is 4.22. The monoisotopic (exact) mass is 296 g/mol. The number of hydrogen-bond acceptors (Lipinski definition) is 3. The second-order valence-electron chi connectivity index (χ2n) is 7.25. The molecule has 21 heavy (non-hydrogen) atoms. The van der Waals surface area contributed by atoms with E-state index in [4.69, 9.17) is 4.74 Å². The molecule has 2 fully saturated rings. The molecule has 0 aromatic carbocycles. The number of piperidine rings is 1. The van der Waals surface area contributed by atoms with Gasteiger partial charge in [-0.05, 0) is 65.6 Å². The van der Waals surface area contributed by atoms with Crippen molar-refractivity contribution in [2.75, 3.05) is 26.2 Å². The van der Waals surface area contributed by atoms with E-state index in [-0.39, 0.29) is 0 Å². The van der Waals surface area contributed by atoms with Crippen LogP contribution in [0.3, 0.4) is 0 Å². The van der Waals surface area contributed by atoms with E-state index in [1.807, 2.05) is 0 Å². The molecule has 0 bridgehead atoms. The summed E-state index contributed by atoms with van der Waals surface area (Å²) in [5, 5.41) is 3.84. The van der Waals surface area contributed by atoms with Crippen LogP contribution in [0.15, 0.2) is 0 Å². The summed E-state index contributed by atoms with van der Waals surface area (Å²) in [6.07, 6.45) is 11.2. The van der Waals surface area contributed by atoms with Crippen molar-refractivity contribution >= 4 is 0 Å². The molecule has 1 N–H and O–H groups in total. The van der Waals surface area contributed by atoms with Crippen LogP contribution in [0.1, 0.15) is 72.1 Å². The minimum Gasteiger partial charge on any atom is -0.377 e. The van der Waals surface area contributed by atoms with Gasteiger partial charge in [0.1, 0.15) is 0 Å². The summed E-state index contributed by atoms with van der Waals surface area (Å²) < 4.78 is 6.04. The van der Waals surface area contributed by atoms with E-state index in [9.17, 15) is 0 Å². The summed E-state index contributed by atoms with van der Waals surface area (Å²) in [4.78, 5) is 2.82. The first-order valence-corrected chi connectivity index (χ1v) is 9.29. The second kappa shape index (κ2) is 8.50. The molecule has 0 radical (unpaired) electrons. The maximum Gasteiger partial charge on any atom is 0.0641 e. The first-order chi connectivity index (χ1) is 10.2. The number of nitrogens with zero attached hydrogens (tertiary/aromatic N) is 1. The van der Waals surface area contributed by atoms with Gasteiger partial charge in [-0.2, -0.15) is 0 Å². The molecule has 1 unspecified atom stereocenters. The minimum absolute atomic E-state index is 0.329. The lowest BCUT2D eigenvalue weighted by Gasteiger charge is -2.49. The Labute approximate surface area is 131 Å². The maximum absolute atomic E-state index is 6.04. The number of nitrogens with one attached hydrogen (secondary N) is 1. The van der Waals surface area contributed by atoms with Crippen molar-refractivity contribution in [2.24, 2.45) is 0 Å². The van der Waals surface area contributed by atoms with Crippen molar-refractivity contribution in [3.05, 3.63) is 0 Å². The Bertz CT molecular complexity index is 281. The van der Waals surface area contributed by atoms with Crippen molar-refractivity contribution in [2.45, 2.75) is 89.8 Å². The predicted molar refractivity (Wildman–Crippen MR) is 89.8 cm³/mol. The van der Waals surface area contributed by atoms with Crippen LogP contribution in [-0.2, 0) is 4.74 Å². The molecule has 124 valence electrons. The Morgan fingerprint density at radius 2 is 1.71 bits per heavy atom. The van der Waals surface area contributed by atoms with Crippen LogP contribution in [0.4, 0.5) is 0 Å². The van der Waals surface area contributed by atoms with E-state index in [1.165, 1.54) is 64.5 Å². The Hall–Kier alpha value is -0.120. The molecule has 2 rings (SSSR count). The standard InChI is InChI=1S/C18H36N2O/c1-4-12-19-17(15-21-16(2)3)18(10-6-7-11-18)20-13-8-5-9-14-20/h16-17,19H,4-15H2,1-3H3. The van der Waals surface area contributed by atoms with Crippen LogP contribution < -0.4 is 5.32 Å². The van der Waals surface area contributed by atoms with E-state index in [1.54, 1.807) is 0 Å². The molecule has 1 saturated carbocycles. The molecule has 3 nitrogen and oxygen atoms in total. The smallest absolute Gasteiger partial charge is 0.0641 e. The van der Waals surface area contributed by atoms with Crippen molar-refractivity contribution < 1.29 is 4.74 Å². The number of rotatable bonds is 8. The first kappa shape index (κ1) is 17.2. The van der Waals surface area contributed by atoms with Gasteiger partial charge in [-0.1, -0.05) is 26.2 Å². The highest BCUT2D eigenvalue weighted by atomic mass is 16.5. The third-order valence-corrected chi connectivity index (χ3v) is 5.34. The van der Waals surface area contributed by atoms with Crippen LogP contribution >= 0.6 is 0 Å². The van der Waals surface area contributed by atoms with Gasteiger partial charge in [-0.15, -0.1) is 0 Å². The van der Waals surface area contributed by atoms with Crippen LogP contribution in [0.2, 0.25) is 0 Å². The average Bonchev–Trinajstić information content (AvgIpc) is 2.99. The molecule has 0 spiro atoms. The first-order valence-electron chi connectivity index (χ1n) is 9.29. The molecular weight excluding hydrogens is 260 g/mol. The largest absolute Gasteiger partial charge is 0.377 e. The number of ether oxygens (including phenoxy) is 1. The highest BCUT2D eigenvalue weighted by molar-refractivity contribution is 5.04. The topological polar surface area (TPSA) is 24.5 Å². The lowest BCUT2D eigenvalue weighted by atomic mass is 9.84. The average molecular weight is 296 g/mol. The van der Waals surface area contributed by atoms with Gasteiger partial charge in [0, 0.05) is 11.6 Å². The van der Waals surface area contributed by atoms with Gasteiger partial charge >= 0.3 is 0 Å². The van der Waals surface area contributed by atoms with Gasteiger partial charge in [0.2, 0.25) is 0 Å². The van der Waals surface area contributed by atoms with E-state index < -0.39 is 0 Å². The van der Waals surface area contributed by atoms with Crippen molar-refractivity contribution in [3.8, 4) is 0 Å². The molecule has 1 saturated heterocycles. The molecule has 0 aromatic rings. The molecule has 1 atom stereocenters. The van der Waals surface area contributed by atoms with Crippen LogP contribution in [0, 0.1) is 0 Å². The summed E-state index contributed by atoms with van der Waals surface area (Å²) in [5.41, 5.74) is 0.366.